The fourth-order valence-corrected chi connectivity index (χ4v) is 1.43. The zero-order valence-corrected chi connectivity index (χ0v) is 7.18. The third kappa shape index (κ3) is 3.33. The van der Waals surface area contributed by atoms with Gasteiger partial charge >= 0.3 is 0 Å². The molecule has 56 valence electrons. The Morgan fingerprint density at radius 1 is 1.33 bits per heavy atom. The molecule has 3 heteroatoms. The first-order valence-corrected chi connectivity index (χ1v) is 3.88. The standard InChI is InChI=1S/C6H13NS.ClH/c8-5-6-1-3-7-4-2-6;/h6-8H,1-5H2;1H. The molecule has 0 unspecified atom stereocenters. The van der Waals surface area contributed by atoms with Crippen molar-refractivity contribution in [3.63, 3.8) is 0 Å². The van der Waals surface area contributed by atoms with Crippen LogP contribution in [-0.2, 0) is 0 Å². The van der Waals surface area contributed by atoms with Crippen LogP contribution in [0.4, 0.5) is 0 Å². The predicted octanol–water partition coefficient (Wildman–Crippen LogP) is 1.34. The molecule has 0 aromatic rings. The second kappa shape index (κ2) is 5.39. The molecule has 0 spiro atoms. The van der Waals surface area contributed by atoms with Gasteiger partial charge in [-0.05, 0) is 37.6 Å². The van der Waals surface area contributed by atoms with E-state index in [1.54, 1.807) is 0 Å². The van der Waals surface area contributed by atoms with Gasteiger partial charge in [0.15, 0.2) is 0 Å². The Balaban J connectivity index is 0.000000640. The molecule has 1 fully saturated rings. The highest BCUT2D eigenvalue weighted by Crippen LogP contribution is 2.11. The number of hydrogen-bond donors (Lipinski definition) is 2. The molecule has 1 N–H and O–H groups in total. The largest absolute Gasteiger partial charge is 0.317 e. The van der Waals surface area contributed by atoms with E-state index in [4.69, 9.17) is 0 Å². The lowest BCUT2D eigenvalue weighted by molar-refractivity contribution is 0.408. The van der Waals surface area contributed by atoms with Gasteiger partial charge < -0.3 is 5.32 Å². The highest BCUT2D eigenvalue weighted by molar-refractivity contribution is 7.80. The van der Waals surface area contributed by atoms with Crippen molar-refractivity contribution in [2.24, 2.45) is 5.92 Å². The molecule has 1 heterocycles. The van der Waals surface area contributed by atoms with E-state index in [9.17, 15) is 0 Å². The van der Waals surface area contributed by atoms with Crippen LogP contribution in [0.25, 0.3) is 0 Å². The van der Waals surface area contributed by atoms with Gasteiger partial charge in [0.1, 0.15) is 0 Å². The molecule has 1 nitrogen and oxygen atoms in total. The third-order valence-corrected chi connectivity index (χ3v) is 2.23. The molecule has 0 aliphatic carbocycles. The van der Waals surface area contributed by atoms with Gasteiger partial charge in [-0.1, -0.05) is 0 Å². The summed E-state index contributed by atoms with van der Waals surface area (Å²) < 4.78 is 0. The molecule has 0 radical (unpaired) electrons. The van der Waals surface area contributed by atoms with E-state index in [1.807, 2.05) is 0 Å². The van der Waals surface area contributed by atoms with Crippen LogP contribution in [0.1, 0.15) is 12.8 Å². The summed E-state index contributed by atoms with van der Waals surface area (Å²) in [6, 6.07) is 0. The van der Waals surface area contributed by atoms with Gasteiger partial charge in [-0.15, -0.1) is 12.4 Å². The van der Waals surface area contributed by atoms with Crippen molar-refractivity contribution in [2.45, 2.75) is 12.8 Å². The Morgan fingerprint density at radius 2 is 1.89 bits per heavy atom. The zero-order valence-electron chi connectivity index (χ0n) is 5.47. The van der Waals surface area contributed by atoms with E-state index in [1.165, 1.54) is 25.9 Å². The van der Waals surface area contributed by atoms with Crippen molar-refractivity contribution in [1.82, 2.24) is 5.32 Å². The number of piperidine rings is 1. The first-order chi connectivity index (χ1) is 3.93. The summed E-state index contributed by atoms with van der Waals surface area (Å²) in [6.07, 6.45) is 2.65. The van der Waals surface area contributed by atoms with Crippen LogP contribution < -0.4 is 5.32 Å². The second-order valence-corrected chi connectivity index (χ2v) is 2.74. The van der Waals surface area contributed by atoms with E-state index in [0.717, 1.165) is 11.7 Å². The fraction of sp³-hybridized carbons (Fsp3) is 1.00. The number of hydrogen-bond acceptors (Lipinski definition) is 2. The van der Waals surface area contributed by atoms with Crippen molar-refractivity contribution in [2.75, 3.05) is 18.8 Å². The average molecular weight is 168 g/mol. The van der Waals surface area contributed by atoms with Crippen LogP contribution in [-0.4, -0.2) is 18.8 Å². The SMILES string of the molecule is Cl.SCC1CCNCC1. The molecule has 0 aromatic carbocycles. The molecule has 0 bridgehead atoms. The summed E-state index contributed by atoms with van der Waals surface area (Å²) in [5.74, 6) is 1.96. The van der Waals surface area contributed by atoms with Crippen LogP contribution in [0.15, 0.2) is 0 Å². The number of thiol groups is 1. The Bertz CT molecular complexity index is 64.1. The van der Waals surface area contributed by atoms with Gasteiger partial charge in [0.25, 0.3) is 0 Å². The number of halogens is 1. The van der Waals surface area contributed by atoms with Crippen LogP contribution in [0, 0.1) is 5.92 Å². The minimum absolute atomic E-state index is 0. The van der Waals surface area contributed by atoms with Crippen molar-refractivity contribution >= 4 is 25.0 Å². The number of rotatable bonds is 1. The lowest BCUT2D eigenvalue weighted by atomic mass is 10.0. The van der Waals surface area contributed by atoms with Crippen LogP contribution in [0.3, 0.4) is 0 Å². The van der Waals surface area contributed by atoms with E-state index in [2.05, 4.69) is 17.9 Å². The monoisotopic (exact) mass is 167 g/mol. The summed E-state index contributed by atoms with van der Waals surface area (Å²) in [4.78, 5) is 0. The Kier molecular flexibility index (Phi) is 5.75. The molecule has 0 saturated carbocycles. The third-order valence-electron chi connectivity index (χ3n) is 1.72. The van der Waals surface area contributed by atoms with Gasteiger partial charge in [0, 0.05) is 0 Å². The normalized spacial score (nSPS) is 21.0. The minimum Gasteiger partial charge on any atom is -0.317 e. The van der Waals surface area contributed by atoms with Gasteiger partial charge in [0.2, 0.25) is 0 Å². The highest BCUT2D eigenvalue weighted by atomic mass is 35.5. The Morgan fingerprint density at radius 3 is 2.22 bits per heavy atom. The van der Waals surface area contributed by atoms with Gasteiger partial charge in [-0.2, -0.15) is 12.6 Å². The molecule has 1 rings (SSSR count). The van der Waals surface area contributed by atoms with E-state index >= 15 is 0 Å². The maximum atomic E-state index is 4.24. The molecule has 1 aliphatic rings. The van der Waals surface area contributed by atoms with Crippen molar-refractivity contribution in [3.05, 3.63) is 0 Å². The highest BCUT2D eigenvalue weighted by Gasteiger charge is 2.09. The molecular formula is C6H14ClNS. The van der Waals surface area contributed by atoms with Gasteiger partial charge in [0.05, 0.1) is 0 Å². The predicted molar refractivity (Wildman–Crippen MR) is 46.7 cm³/mol. The summed E-state index contributed by atoms with van der Waals surface area (Å²) in [5.41, 5.74) is 0. The Labute approximate surface area is 68.4 Å². The first-order valence-electron chi connectivity index (χ1n) is 3.25. The minimum atomic E-state index is 0. The number of nitrogens with one attached hydrogen (secondary N) is 1. The van der Waals surface area contributed by atoms with Crippen molar-refractivity contribution in [3.8, 4) is 0 Å². The van der Waals surface area contributed by atoms with Crippen LogP contribution in [0.5, 0.6) is 0 Å². The second-order valence-electron chi connectivity index (χ2n) is 2.38. The molecule has 1 saturated heterocycles. The van der Waals surface area contributed by atoms with Crippen molar-refractivity contribution < 1.29 is 0 Å². The topological polar surface area (TPSA) is 12.0 Å². The Hall–Kier alpha value is 0.600. The van der Waals surface area contributed by atoms with Crippen LogP contribution in [0.2, 0.25) is 0 Å². The molecule has 0 atom stereocenters. The quantitative estimate of drug-likeness (QED) is 0.562. The maximum Gasteiger partial charge on any atom is -0.00460 e. The van der Waals surface area contributed by atoms with E-state index in [0.29, 0.717) is 0 Å². The smallest absolute Gasteiger partial charge is 0.00460 e. The summed E-state index contributed by atoms with van der Waals surface area (Å²) >= 11 is 4.24. The van der Waals surface area contributed by atoms with Gasteiger partial charge in [-0.3, -0.25) is 0 Å². The molecule has 9 heavy (non-hydrogen) atoms. The zero-order chi connectivity index (χ0) is 5.82. The van der Waals surface area contributed by atoms with Crippen molar-refractivity contribution in [1.29, 1.82) is 0 Å². The fourth-order valence-electron chi connectivity index (χ4n) is 1.06. The molecular weight excluding hydrogens is 154 g/mol. The molecule has 0 aromatic heterocycles. The maximum absolute atomic E-state index is 4.24. The molecule has 0 amide bonds. The lowest BCUT2D eigenvalue weighted by Gasteiger charge is -2.19. The summed E-state index contributed by atoms with van der Waals surface area (Å²) in [7, 11) is 0. The van der Waals surface area contributed by atoms with E-state index < -0.39 is 0 Å². The summed E-state index contributed by atoms with van der Waals surface area (Å²) in [6.45, 7) is 2.40. The van der Waals surface area contributed by atoms with Crippen LogP contribution >= 0.6 is 25.0 Å². The molecule has 1 aliphatic heterocycles. The van der Waals surface area contributed by atoms with Gasteiger partial charge in [-0.25, -0.2) is 0 Å². The lowest BCUT2D eigenvalue weighted by Crippen LogP contribution is -2.28. The average Bonchev–Trinajstić information content (AvgIpc) is 1.90. The first kappa shape index (κ1) is 9.60. The summed E-state index contributed by atoms with van der Waals surface area (Å²) in [5, 5.41) is 3.32. The van der Waals surface area contributed by atoms with E-state index in [-0.39, 0.29) is 12.4 Å².